The van der Waals surface area contributed by atoms with Crippen molar-refractivity contribution in [2.75, 3.05) is 11.3 Å². The minimum Gasteiger partial charge on any atom is -0.396 e. The number of sulfonamides is 1. The molecule has 0 atom stereocenters. The van der Waals surface area contributed by atoms with E-state index in [9.17, 15) is 12.8 Å². The molecular formula is C12H13BrFN3O3S. The Morgan fingerprint density at radius 1 is 1.43 bits per heavy atom. The summed E-state index contributed by atoms with van der Waals surface area (Å²) in [5.41, 5.74) is -0.146. The van der Waals surface area contributed by atoms with Crippen LogP contribution in [0.1, 0.15) is 6.42 Å². The SMILES string of the molecule is O=S(=O)(Nc1cc(Br)ccc1F)c1cnn(CCCO)c1. The topological polar surface area (TPSA) is 84.2 Å². The third-order valence-electron chi connectivity index (χ3n) is 2.64. The number of aliphatic hydroxyl groups is 1. The highest BCUT2D eigenvalue weighted by Gasteiger charge is 2.18. The molecule has 9 heteroatoms. The van der Waals surface area contributed by atoms with Gasteiger partial charge in [0.15, 0.2) is 0 Å². The van der Waals surface area contributed by atoms with Crippen LogP contribution in [0.4, 0.5) is 10.1 Å². The summed E-state index contributed by atoms with van der Waals surface area (Å²) in [5.74, 6) is -0.672. The maximum Gasteiger partial charge on any atom is 0.265 e. The number of aryl methyl sites for hydroxylation is 1. The number of halogens is 2. The second-order valence-corrected chi connectivity index (χ2v) is 6.84. The number of aliphatic hydroxyl groups excluding tert-OH is 1. The first-order chi connectivity index (χ1) is 9.92. The molecule has 2 aromatic rings. The smallest absolute Gasteiger partial charge is 0.265 e. The number of benzene rings is 1. The van der Waals surface area contributed by atoms with E-state index in [4.69, 9.17) is 5.11 Å². The Hall–Kier alpha value is -1.45. The van der Waals surface area contributed by atoms with Gasteiger partial charge in [0.2, 0.25) is 0 Å². The van der Waals surface area contributed by atoms with Gasteiger partial charge >= 0.3 is 0 Å². The van der Waals surface area contributed by atoms with E-state index in [0.717, 1.165) is 6.07 Å². The summed E-state index contributed by atoms with van der Waals surface area (Å²) in [4.78, 5) is -0.0696. The number of aromatic nitrogens is 2. The first-order valence-corrected chi connectivity index (χ1v) is 8.31. The predicted octanol–water partition coefficient (Wildman–Crippen LogP) is 1.97. The van der Waals surface area contributed by atoms with Gasteiger partial charge in [-0.15, -0.1) is 0 Å². The second-order valence-electron chi connectivity index (χ2n) is 4.25. The van der Waals surface area contributed by atoms with Crippen molar-refractivity contribution in [1.82, 2.24) is 9.78 Å². The minimum absolute atomic E-state index is 0.0105. The molecule has 2 N–H and O–H groups in total. The predicted molar refractivity (Wildman–Crippen MR) is 78.8 cm³/mol. The van der Waals surface area contributed by atoms with E-state index in [1.807, 2.05) is 0 Å². The van der Waals surface area contributed by atoms with Crippen LogP contribution in [-0.4, -0.2) is 29.9 Å². The average molecular weight is 378 g/mol. The molecular weight excluding hydrogens is 365 g/mol. The Morgan fingerprint density at radius 2 is 2.19 bits per heavy atom. The van der Waals surface area contributed by atoms with Crippen LogP contribution in [0, 0.1) is 5.82 Å². The van der Waals surface area contributed by atoms with E-state index in [-0.39, 0.29) is 17.2 Å². The summed E-state index contributed by atoms with van der Waals surface area (Å²) in [7, 11) is -3.91. The molecule has 0 radical (unpaired) electrons. The van der Waals surface area contributed by atoms with Crippen LogP contribution < -0.4 is 4.72 Å². The van der Waals surface area contributed by atoms with Crippen LogP contribution in [0.3, 0.4) is 0 Å². The molecule has 0 bridgehead atoms. The molecule has 0 aliphatic rings. The van der Waals surface area contributed by atoms with Gasteiger partial charge < -0.3 is 5.11 Å². The Balaban J connectivity index is 2.22. The molecule has 0 aliphatic heterocycles. The van der Waals surface area contributed by atoms with Gasteiger partial charge in [-0.1, -0.05) is 15.9 Å². The normalized spacial score (nSPS) is 11.6. The maximum absolute atomic E-state index is 13.6. The first kappa shape index (κ1) is 15.9. The fraction of sp³-hybridized carbons (Fsp3) is 0.250. The lowest BCUT2D eigenvalue weighted by atomic mass is 10.3. The molecule has 0 amide bonds. The number of rotatable bonds is 6. The highest BCUT2D eigenvalue weighted by molar-refractivity contribution is 9.10. The molecule has 114 valence electrons. The van der Waals surface area contributed by atoms with E-state index < -0.39 is 15.8 Å². The lowest BCUT2D eigenvalue weighted by Gasteiger charge is -2.07. The number of hydrogen-bond donors (Lipinski definition) is 2. The van der Waals surface area contributed by atoms with E-state index in [1.54, 1.807) is 0 Å². The molecule has 0 saturated carbocycles. The summed E-state index contributed by atoms with van der Waals surface area (Å²) in [6.45, 7) is 0.390. The van der Waals surface area contributed by atoms with Crippen LogP contribution in [0.25, 0.3) is 0 Å². The number of anilines is 1. The second kappa shape index (κ2) is 6.54. The summed E-state index contributed by atoms with van der Waals surface area (Å²) in [6, 6.07) is 3.97. The first-order valence-electron chi connectivity index (χ1n) is 6.03. The molecule has 1 aromatic carbocycles. The fourth-order valence-corrected chi connectivity index (χ4v) is 2.99. The van der Waals surface area contributed by atoms with Crippen molar-refractivity contribution in [2.45, 2.75) is 17.9 Å². The van der Waals surface area contributed by atoms with Gasteiger partial charge in [0.25, 0.3) is 10.0 Å². The molecule has 0 saturated heterocycles. The standard InChI is InChI=1S/C12H13BrFN3O3S/c13-9-2-3-11(14)12(6-9)16-21(19,20)10-7-15-17(8-10)4-1-5-18/h2-3,6-8,16,18H,1,4-5H2. The summed E-state index contributed by atoms with van der Waals surface area (Å²) in [6.07, 6.45) is 2.97. The molecule has 0 aliphatic carbocycles. The van der Waals surface area contributed by atoms with Gasteiger partial charge in [0.05, 0.1) is 11.9 Å². The Bertz CT molecular complexity index is 733. The third kappa shape index (κ3) is 4.02. The van der Waals surface area contributed by atoms with Crippen molar-refractivity contribution >= 4 is 31.6 Å². The molecule has 0 unspecified atom stereocenters. The largest absolute Gasteiger partial charge is 0.396 e. The Labute approximate surface area is 129 Å². The zero-order valence-corrected chi connectivity index (χ0v) is 13.2. The Kier molecular flexibility index (Phi) is 4.96. The van der Waals surface area contributed by atoms with Crippen LogP contribution in [0.2, 0.25) is 0 Å². The van der Waals surface area contributed by atoms with Crippen LogP contribution in [0.5, 0.6) is 0 Å². The van der Waals surface area contributed by atoms with Crippen molar-refractivity contribution in [3.8, 4) is 0 Å². The number of hydrogen-bond acceptors (Lipinski definition) is 4. The third-order valence-corrected chi connectivity index (χ3v) is 4.45. The van der Waals surface area contributed by atoms with E-state index >= 15 is 0 Å². The van der Waals surface area contributed by atoms with Crippen molar-refractivity contribution in [2.24, 2.45) is 0 Å². The van der Waals surface area contributed by atoms with Crippen molar-refractivity contribution in [3.63, 3.8) is 0 Å². The highest BCUT2D eigenvalue weighted by Crippen LogP contribution is 2.23. The van der Waals surface area contributed by atoms with Crippen molar-refractivity contribution in [3.05, 3.63) is 40.9 Å². The van der Waals surface area contributed by atoms with Crippen LogP contribution in [0.15, 0.2) is 40.0 Å². The summed E-state index contributed by atoms with van der Waals surface area (Å²) >= 11 is 3.15. The minimum atomic E-state index is -3.91. The fourth-order valence-electron chi connectivity index (χ4n) is 1.62. The van der Waals surface area contributed by atoms with Gasteiger partial charge in [0, 0.05) is 23.8 Å². The lowest BCUT2D eigenvalue weighted by molar-refractivity contribution is 0.277. The quantitative estimate of drug-likeness (QED) is 0.805. The number of nitrogens with one attached hydrogen (secondary N) is 1. The summed E-state index contributed by atoms with van der Waals surface area (Å²) in [5, 5.41) is 12.6. The molecule has 6 nitrogen and oxygen atoms in total. The summed E-state index contributed by atoms with van der Waals surface area (Å²) < 4.78 is 42.0. The maximum atomic E-state index is 13.6. The molecule has 0 spiro atoms. The van der Waals surface area contributed by atoms with Crippen molar-refractivity contribution in [1.29, 1.82) is 0 Å². The zero-order valence-electron chi connectivity index (χ0n) is 10.8. The van der Waals surface area contributed by atoms with Gasteiger partial charge in [-0.05, 0) is 24.6 Å². The highest BCUT2D eigenvalue weighted by atomic mass is 79.9. The average Bonchev–Trinajstić information content (AvgIpc) is 2.90. The van der Waals surface area contributed by atoms with Gasteiger partial charge in [-0.3, -0.25) is 9.40 Å². The van der Waals surface area contributed by atoms with E-state index in [0.29, 0.717) is 17.4 Å². The van der Waals surface area contributed by atoms with Gasteiger partial charge in [-0.25, -0.2) is 12.8 Å². The number of nitrogens with zero attached hydrogens (tertiary/aromatic N) is 2. The molecule has 1 aromatic heterocycles. The van der Waals surface area contributed by atoms with Crippen molar-refractivity contribution < 1.29 is 17.9 Å². The van der Waals surface area contributed by atoms with Gasteiger partial charge in [0.1, 0.15) is 10.7 Å². The van der Waals surface area contributed by atoms with Crippen LogP contribution >= 0.6 is 15.9 Å². The molecule has 21 heavy (non-hydrogen) atoms. The molecule has 1 heterocycles. The zero-order chi connectivity index (χ0) is 15.5. The molecule has 2 rings (SSSR count). The lowest BCUT2D eigenvalue weighted by Crippen LogP contribution is -2.13. The Morgan fingerprint density at radius 3 is 2.90 bits per heavy atom. The van der Waals surface area contributed by atoms with E-state index in [1.165, 1.54) is 29.2 Å². The van der Waals surface area contributed by atoms with E-state index in [2.05, 4.69) is 25.8 Å². The molecule has 0 fully saturated rings. The van der Waals surface area contributed by atoms with Crippen LogP contribution in [-0.2, 0) is 16.6 Å². The monoisotopic (exact) mass is 377 g/mol. The van der Waals surface area contributed by atoms with Gasteiger partial charge in [-0.2, -0.15) is 5.10 Å².